The number of likely N-dealkylation sites (N-methyl/N-ethyl adjacent to an activating group) is 1. The molecule has 4 atom stereocenters. The lowest BCUT2D eigenvalue weighted by molar-refractivity contribution is -0.141. The van der Waals surface area contributed by atoms with Crippen LogP contribution in [0.1, 0.15) is 85.7 Å². The number of aryl methyl sites for hydroxylation is 1. The second-order valence-corrected chi connectivity index (χ2v) is 17.4. The average molecular weight is 918 g/mol. The summed E-state index contributed by atoms with van der Waals surface area (Å²) in [6.07, 6.45) is 2.51. The van der Waals surface area contributed by atoms with Crippen molar-refractivity contribution >= 4 is 29.5 Å². The zero-order chi connectivity index (χ0) is 48.8. The summed E-state index contributed by atoms with van der Waals surface area (Å²) in [6, 6.07) is 15.2. The standard InChI is InChI=1S/C49H63N11O7/c1-29-37(28-55-43(56-29)32-10-13-34(14-11-32)49(3,4)5)45(62)58-38(17-20-52)48(65)60(6)42-33-12-16-41(67-24-8-19-51)36(27-33)35-25-31(9-15-40(35)66-23-7-18-50)26-39(46(63)54-22-21-53)59-44(61)30(2)57-47(42)64/h9-16,25,27-28,30,38-39,42H,7-8,17-20,22-24,26,50-52H2,1-6H3,(H,54,63)(H,57,64)(H,58,62)(H,59,61). The highest BCUT2D eigenvalue weighted by atomic mass is 16.5. The summed E-state index contributed by atoms with van der Waals surface area (Å²) < 4.78 is 12.5. The van der Waals surface area contributed by atoms with Crippen LogP contribution in [-0.2, 0) is 31.0 Å². The fourth-order valence-electron chi connectivity index (χ4n) is 7.51. The zero-order valence-corrected chi connectivity index (χ0v) is 39.1. The zero-order valence-electron chi connectivity index (χ0n) is 39.1. The molecule has 1 aromatic heterocycles. The lowest BCUT2D eigenvalue weighted by Crippen LogP contribution is -2.56. The van der Waals surface area contributed by atoms with Crippen molar-refractivity contribution in [1.29, 1.82) is 5.26 Å². The minimum absolute atomic E-state index is 0.00292. The molecule has 1 aliphatic rings. The first kappa shape index (κ1) is 51.1. The second kappa shape index (κ2) is 23.5. The summed E-state index contributed by atoms with van der Waals surface area (Å²) in [6.45, 7) is 10.5. The van der Waals surface area contributed by atoms with E-state index in [4.69, 9.17) is 26.7 Å². The van der Waals surface area contributed by atoms with Gasteiger partial charge in [-0.3, -0.25) is 24.0 Å². The first-order valence-electron chi connectivity index (χ1n) is 22.4. The molecular formula is C49H63N11O7. The van der Waals surface area contributed by atoms with Crippen LogP contribution in [0.25, 0.3) is 22.5 Å². The van der Waals surface area contributed by atoms with Crippen molar-refractivity contribution in [3.05, 3.63) is 94.8 Å². The van der Waals surface area contributed by atoms with E-state index < -0.39 is 53.7 Å². The maximum absolute atomic E-state index is 14.7. The molecule has 4 aromatic rings. The van der Waals surface area contributed by atoms with E-state index in [0.717, 1.165) is 11.1 Å². The number of fused-ring (bicyclic) bond motifs is 5. The predicted molar refractivity (Wildman–Crippen MR) is 253 cm³/mol. The molecule has 356 valence electrons. The first-order chi connectivity index (χ1) is 32.0. The van der Waals surface area contributed by atoms with Crippen LogP contribution in [0.3, 0.4) is 0 Å². The smallest absolute Gasteiger partial charge is 0.255 e. The second-order valence-electron chi connectivity index (χ2n) is 17.4. The van der Waals surface area contributed by atoms with Crippen LogP contribution in [-0.4, -0.2) is 109 Å². The Labute approximate surface area is 391 Å². The summed E-state index contributed by atoms with van der Waals surface area (Å²) in [5.74, 6) is -2.04. The number of nitrogens with zero attached hydrogens (tertiary/aromatic N) is 4. The Balaban J connectivity index is 1.57. The molecule has 10 N–H and O–H groups in total. The van der Waals surface area contributed by atoms with Crippen LogP contribution in [0.2, 0.25) is 0 Å². The van der Waals surface area contributed by atoms with Crippen LogP contribution < -0.4 is 47.9 Å². The number of nitrogens with two attached hydrogens (primary N) is 3. The molecule has 1 aliphatic heterocycles. The third-order valence-corrected chi connectivity index (χ3v) is 11.3. The number of nitriles is 1. The van der Waals surface area contributed by atoms with Crippen LogP contribution in [0.5, 0.6) is 11.5 Å². The van der Waals surface area contributed by atoms with Crippen molar-refractivity contribution in [2.24, 2.45) is 17.2 Å². The van der Waals surface area contributed by atoms with Gasteiger partial charge in [0.05, 0.1) is 30.5 Å². The van der Waals surface area contributed by atoms with E-state index in [1.165, 1.54) is 25.1 Å². The number of carbonyl (C=O) groups excluding carboxylic acids is 5. The normalized spacial score (nSPS) is 16.6. The van der Waals surface area contributed by atoms with E-state index in [9.17, 15) is 29.2 Å². The summed E-state index contributed by atoms with van der Waals surface area (Å²) in [5.41, 5.74) is 22.0. The molecule has 3 aromatic carbocycles. The van der Waals surface area contributed by atoms with Gasteiger partial charge in [0.1, 0.15) is 42.2 Å². The maximum Gasteiger partial charge on any atom is 0.255 e. The van der Waals surface area contributed by atoms with Gasteiger partial charge in [-0.25, -0.2) is 9.97 Å². The van der Waals surface area contributed by atoms with E-state index in [2.05, 4.69) is 52.0 Å². The third-order valence-electron chi connectivity index (χ3n) is 11.3. The number of amides is 5. The summed E-state index contributed by atoms with van der Waals surface area (Å²) in [4.78, 5) is 80.7. The number of hydrogen-bond donors (Lipinski definition) is 7. The number of nitrogens with one attached hydrogen (secondary N) is 4. The molecule has 2 heterocycles. The summed E-state index contributed by atoms with van der Waals surface area (Å²) >= 11 is 0. The molecule has 5 rings (SSSR count). The van der Waals surface area contributed by atoms with Gasteiger partial charge in [0.25, 0.3) is 5.91 Å². The molecule has 4 bridgehead atoms. The van der Waals surface area contributed by atoms with E-state index in [1.54, 1.807) is 43.3 Å². The molecule has 18 nitrogen and oxygen atoms in total. The van der Waals surface area contributed by atoms with Crippen LogP contribution >= 0.6 is 0 Å². The minimum atomic E-state index is -1.40. The number of rotatable bonds is 17. The van der Waals surface area contributed by atoms with Gasteiger partial charge in [-0.15, -0.1) is 0 Å². The third kappa shape index (κ3) is 13.1. The van der Waals surface area contributed by atoms with Gasteiger partial charge in [-0.05, 0) is 99.1 Å². The van der Waals surface area contributed by atoms with Gasteiger partial charge >= 0.3 is 0 Å². The summed E-state index contributed by atoms with van der Waals surface area (Å²) in [5, 5.41) is 20.0. The number of aromatic nitrogens is 2. The van der Waals surface area contributed by atoms with Gasteiger partial charge < -0.3 is 52.8 Å². The Hall–Kier alpha value is -6.94. The highest BCUT2D eigenvalue weighted by Gasteiger charge is 2.36. The topological polar surface area (TPSA) is 283 Å². The Morgan fingerprint density at radius 2 is 1.55 bits per heavy atom. The lowest BCUT2D eigenvalue weighted by atomic mass is 9.87. The SMILES string of the molecule is Cc1nc(-c2ccc(C(C)(C)C)cc2)ncc1C(=O)NC(CCN)C(=O)N(C)C1C(=O)NC(C)C(=O)NC(C(=O)NCC#N)Cc2ccc(OCCCN)c(c2)-c2cc1ccc2OCCCN. The average Bonchev–Trinajstić information content (AvgIpc) is 3.30. The van der Waals surface area contributed by atoms with E-state index in [0.29, 0.717) is 71.2 Å². The number of hydrogen-bond acceptors (Lipinski definition) is 13. The molecule has 0 fully saturated rings. The van der Waals surface area contributed by atoms with Crippen molar-refractivity contribution in [2.45, 2.75) is 89.9 Å². The number of benzene rings is 3. The fraction of sp³-hybridized carbons (Fsp3) is 0.429. The fourth-order valence-corrected chi connectivity index (χ4v) is 7.51. The van der Waals surface area contributed by atoms with Gasteiger partial charge in [0, 0.05) is 36.4 Å². The maximum atomic E-state index is 14.7. The Kier molecular flexibility index (Phi) is 17.9. The van der Waals surface area contributed by atoms with Crippen molar-refractivity contribution in [1.82, 2.24) is 36.1 Å². The molecule has 0 saturated heterocycles. The molecule has 0 radical (unpaired) electrons. The monoisotopic (exact) mass is 917 g/mol. The van der Waals surface area contributed by atoms with Gasteiger partial charge in [0.2, 0.25) is 23.6 Å². The highest BCUT2D eigenvalue weighted by Crippen LogP contribution is 2.40. The molecule has 0 saturated carbocycles. The Bertz CT molecular complexity index is 2450. The molecule has 0 aliphatic carbocycles. The molecule has 18 heteroatoms. The molecule has 4 unspecified atom stereocenters. The Morgan fingerprint density at radius 3 is 2.15 bits per heavy atom. The predicted octanol–water partition coefficient (Wildman–Crippen LogP) is 2.70. The van der Waals surface area contributed by atoms with Gasteiger partial charge in [0.15, 0.2) is 5.82 Å². The van der Waals surface area contributed by atoms with Crippen molar-refractivity contribution in [2.75, 3.05) is 46.4 Å². The molecule has 0 spiro atoms. The van der Waals surface area contributed by atoms with E-state index in [-0.39, 0.29) is 50.1 Å². The number of carbonyl (C=O) groups is 5. The van der Waals surface area contributed by atoms with Crippen molar-refractivity contribution in [3.8, 4) is 40.1 Å². The molecule has 5 amide bonds. The highest BCUT2D eigenvalue weighted by molar-refractivity contribution is 6.00. The van der Waals surface area contributed by atoms with Gasteiger partial charge in [-0.2, -0.15) is 5.26 Å². The first-order valence-corrected chi connectivity index (χ1v) is 22.4. The van der Waals surface area contributed by atoms with E-state index in [1.807, 2.05) is 30.3 Å². The van der Waals surface area contributed by atoms with Crippen molar-refractivity contribution in [3.63, 3.8) is 0 Å². The van der Waals surface area contributed by atoms with Crippen LogP contribution in [0.15, 0.2) is 66.9 Å². The quantitative estimate of drug-likeness (QED) is 0.0594. The summed E-state index contributed by atoms with van der Waals surface area (Å²) in [7, 11) is 1.42. The lowest BCUT2D eigenvalue weighted by Gasteiger charge is -2.32. The van der Waals surface area contributed by atoms with Gasteiger partial charge in [-0.1, -0.05) is 57.2 Å². The Morgan fingerprint density at radius 1 is 0.910 bits per heavy atom. The van der Waals surface area contributed by atoms with Crippen molar-refractivity contribution < 1.29 is 33.4 Å². The molecular weight excluding hydrogens is 855 g/mol. The number of ether oxygens (including phenoxy) is 2. The minimum Gasteiger partial charge on any atom is -0.493 e. The molecule has 67 heavy (non-hydrogen) atoms. The van der Waals surface area contributed by atoms with E-state index >= 15 is 0 Å². The van der Waals surface area contributed by atoms with Crippen LogP contribution in [0.4, 0.5) is 0 Å². The largest absolute Gasteiger partial charge is 0.493 e. The van der Waals surface area contributed by atoms with Crippen LogP contribution in [0, 0.1) is 18.3 Å².